The molecule has 1 saturated heterocycles. The lowest BCUT2D eigenvalue weighted by Crippen LogP contribution is -2.68. The molecule has 7 aliphatic rings. The summed E-state index contributed by atoms with van der Waals surface area (Å²) in [5.74, 6) is 4.86. The quantitative estimate of drug-likeness (QED) is 0.671. The van der Waals surface area contributed by atoms with E-state index < -0.39 is 20.3 Å². The molecule has 0 radical (unpaired) electrons. The van der Waals surface area contributed by atoms with Crippen LogP contribution in [0.1, 0.15) is 26.7 Å². The van der Waals surface area contributed by atoms with Gasteiger partial charge in [0.15, 0.2) is 10.8 Å². The van der Waals surface area contributed by atoms with Gasteiger partial charge in [0.25, 0.3) is 0 Å². The van der Waals surface area contributed by atoms with Gasteiger partial charge in [0.1, 0.15) is 0 Å². The Labute approximate surface area is 151 Å². The van der Waals surface area contributed by atoms with Gasteiger partial charge in [-0.15, -0.1) is 11.8 Å². The Bertz CT molecular complexity index is 876. The van der Waals surface area contributed by atoms with Gasteiger partial charge in [-0.05, 0) is 74.0 Å². The molecule has 0 aromatic carbocycles. The van der Waals surface area contributed by atoms with Crippen molar-refractivity contribution >= 4 is 11.8 Å². The van der Waals surface area contributed by atoms with E-state index in [1.165, 1.54) is 12.8 Å². The maximum Gasteiger partial charge on any atom is 0.191 e. The summed E-state index contributed by atoms with van der Waals surface area (Å²) >= 11 is 1.69. The second kappa shape index (κ2) is 3.56. The molecule has 9 atom stereocenters. The first kappa shape index (κ1) is 14.5. The van der Waals surface area contributed by atoms with Gasteiger partial charge in [0.2, 0.25) is 0 Å². The van der Waals surface area contributed by atoms with Crippen LogP contribution in [0.25, 0.3) is 0 Å². The van der Waals surface area contributed by atoms with Crippen LogP contribution < -0.4 is 0 Å². The highest BCUT2D eigenvalue weighted by Crippen LogP contribution is 2.93. The Morgan fingerprint density at radius 1 is 0.760 bits per heavy atom. The molecule has 9 unspecified atom stereocenters. The molecule has 25 heavy (non-hydrogen) atoms. The van der Waals surface area contributed by atoms with E-state index in [1.807, 2.05) is 13.8 Å². The van der Waals surface area contributed by atoms with Crippen molar-refractivity contribution in [1.82, 2.24) is 0 Å². The minimum atomic E-state index is -1.58. The standard InChI is InChI=1S/C20H18N4S/c1-17(2)18(5-21,6-22)19(7-23,8-24)20(25-17)15-9-3-10-12-11(4-9)16(20)14(12)13(10)15/h9-16H,3-4H2,1-2H3. The van der Waals surface area contributed by atoms with Crippen molar-refractivity contribution in [2.45, 2.75) is 36.2 Å². The predicted octanol–water partition coefficient (Wildman–Crippen LogP) is 3.10. The summed E-state index contributed by atoms with van der Waals surface area (Å²) in [5.41, 5.74) is -3.10. The fraction of sp³-hybridized carbons (Fsp3) is 0.800. The highest BCUT2D eigenvalue weighted by Gasteiger charge is 2.94. The van der Waals surface area contributed by atoms with E-state index in [-0.39, 0.29) is 0 Å². The van der Waals surface area contributed by atoms with Crippen LogP contribution in [0, 0.1) is 103 Å². The molecule has 0 aromatic heterocycles. The van der Waals surface area contributed by atoms with Gasteiger partial charge < -0.3 is 0 Å². The van der Waals surface area contributed by atoms with Gasteiger partial charge in [-0.25, -0.2) is 0 Å². The first-order valence-corrected chi connectivity index (χ1v) is 10.1. The maximum absolute atomic E-state index is 10.3. The number of nitriles is 4. The number of hydrogen-bond acceptors (Lipinski definition) is 5. The van der Waals surface area contributed by atoms with Crippen molar-refractivity contribution in [1.29, 1.82) is 21.0 Å². The summed E-state index contributed by atoms with van der Waals surface area (Å²) in [6.07, 6.45) is 2.51. The monoisotopic (exact) mass is 346 g/mol. The number of thioether (sulfide) groups is 1. The third kappa shape index (κ3) is 0.933. The fourth-order valence-corrected chi connectivity index (χ4v) is 11.8. The molecule has 7 rings (SSSR count). The van der Waals surface area contributed by atoms with Gasteiger partial charge in [-0.1, -0.05) is 0 Å². The molecule has 6 aliphatic carbocycles. The zero-order valence-corrected chi connectivity index (χ0v) is 15.0. The van der Waals surface area contributed by atoms with E-state index in [0.717, 1.165) is 11.8 Å². The Hall–Kier alpha value is -1.69. The average Bonchev–Trinajstić information content (AvgIpc) is 2.82. The lowest BCUT2D eigenvalue weighted by atomic mass is 9.36. The van der Waals surface area contributed by atoms with Gasteiger partial charge in [-0.3, -0.25) is 0 Å². The largest absolute Gasteiger partial charge is 0.196 e. The highest BCUT2D eigenvalue weighted by atomic mass is 32.2. The zero-order valence-electron chi connectivity index (χ0n) is 14.2. The normalized spacial score (nSPS) is 57.7. The third-order valence-corrected chi connectivity index (χ3v) is 11.5. The summed E-state index contributed by atoms with van der Waals surface area (Å²) in [6, 6.07) is 9.08. The minimum Gasteiger partial charge on any atom is -0.196 e. The number of hydrogen-bond donors (Lipinski definition) is 0. The van der Waals surface area contributed by atoms with E-state index in [9.17, 15) is 21.0 Å². The Balaban J connectivity index is 1.69. The van der Waals surface area contributed by atoms with Crippen LogP contribution in [-0.2, 0) is 0 Å². The van der Waals surface area contributed by atoms with E-state index in [1.54, 1.807) is 11.8 Å². The summed E-state index contributed by atoms with van der Waals surface area (Å²) < 4.78 is -1.24. The fourth-order valence-electron chi connectivity index (χ4n) is 9.17. The Morgan fingerprint density at radius 3 is 1.96 bits per heavy atom. The van der Waals surface area contributed by atoms with Crippen LogP contribution >= 0.6 is 11.8 Å². The van der Waals surface area contributed by atoms with E-state index in [2.05, 4.69) is 24.3 Å². The summed E-state index contributed by atoms with van der Waals surface area (Å²) in [7, 11) is 0. The first-order valence-electron chi connectivity index (χ1n) is 9.26. The summed E-state index contributed by atoms with van der Waals surface area (Å²) in [4.78, 5) is 0. The lowest BCUT2D eigenvalue weighted by molar-refractivity contribution is -0.191. The van der Waals surface area contributed by atoms with Gasteiger partial charge in [0, 0.05) is 4.75 Å². The molecule has 5 bridgehead atoms. The van der Waals surface area contributed by atoms with Gasteiger partial charge >= 0.3 is 0 Å². The smallest absolute Gasteiger partial charge is 0.191 e. The second-order valence-electron chi connectivity index (χ2n) is 9.70. The van der Waals surface area contributed by atoms with Crippen LogP contribution in [0.2, 0.25) is 0 Å². The van der Waals surface area contributed by atoms with Crippen LogP contribution in [0.5, 0.6) is 0 Å². The predicted molar refractivity (Wildman–Crippen MR) is 88.9 cm³/mol. The van der Waals surface area contributed by atoms with Crippen molar-refractivity contribution in [2.75, 3.05) is 0 Å². The molecular formula is C20H18N4S. The molecule has 0 N–H and O–H groups in total. The Morgan fingerprint density at radius 2 is 1.36 bits per heavy atom. The van der Waals surface area contributed by atoms with Gasteiger partial charge in [-0.2, -0.15) is 21.0 Å². The Kier molecular flexibility index (Phi) is 2.06. The molecule has 0 aromatic rings. The van der Waals surface area contributed by atoms with E-state index in [0.29, 0.717) is 35.5 Å². The topological polar surface area (TPSA) is 95.2 Å². The summed E-state index contributed by atoms with van der Waals surface area (Å²) in [5, 5.41) is 40.9. The molecule has 1 aliphatic heterocycles. The SMILES string of the molecule is CC1(C)SC2(C3C4CC5C6C(C4)C2C6C53)C(C#N)(C#N)C1(C#N)C#N. The van der Waals surface area contributed by atoms with Crippen LogP contribution in [0.3, 0.4) is 0 Å². The minimum absolute atomic E-state index is 0.356. The van der Waals surface area contributed by atoms with Crippen LogP contribution in [0.15, 0.2) is 0 Å². The molecule has 0 amide bonds. The molecule has 6 saturated carbocycles. The molecule has 4 nitrogen and oxygen atoms in total. The van der Waals surface area contributed by atoms with Crippen LogP contribution in [-0.4, -0.2) is 9.49 Å². The average molecular weight is 346 g/mol. The maximum atomic E-state index is 10.3. The summed E-state index contributed by atoms with van der Waals surface area (Å²) in [6.45, 7) is 3.83. The van der Waals surface area contributed by atoms with Crippen LogP contribution in [0.4, 0.5) is 0 Å². The molecule has 7 fully saturated rings. The lowest BCUT2D eigenvalue weighted by Gasteiger charge is -2.68. The van der Waals surface area contributed by atoms with Crippen molar-refractivity contribution < 1.29 is 0 Å². The third-order valence-electron chi connectivity index (χ3n) is 9.46. The molecule has 124 valence electrons. The van der Waals surface area contributed by atoms with Crippen molar-refractivity contribution in [3.05, 3.63) is 0 Å². The van der Waals surface area contributed by atoms with Gasteiger partial charge in [0.05, 0.1) is 29.0 Å². The highest BCUT2D eigenvalue weighted by molar-refractivity contribution is 8.02. The zero-order chi connectivity index (χ0) is 17.6. The first-order chi connectivity index (χ1) is 11.9. The van der Waals surface area contributed by atoms with Crippen molar-refractivity contribution in [3.63, 3.8) is 0 Å². The van der Waals surface area contributed by atoms with Crippen molar-refractivity contribution in [3.8, 4) is 24.3 Å². The molecule has 5 heteroatoms. The van der Waals surface area contributed by atoms with E-state index >= 15 is 0 Å². The second-order valence-corrected chi connectivity index (χ2v) is 11.6. The molecule has 1 heterocycles. The molecular weight excluding hydrogens is 328 g/mol. The number of rotatable bonds is 0. The number of nitrogens with zero attached hydrogens (tertiary/aromatic N) is 4. The van der Waals surface area contributed by atoms with E-state index in [4.69, 9.17) is 0 Å². The molecule has 1 spiro atoms. The van der Waals surface area contributed by atoms with Crippen molar-refractivity contribution in [2.24, 2.45) is 58.2 Å².